The lowest BCUT2D eigenvalue weighted by Gasteiger charge is -2.31. The van der Waals surface area contributed by atoms with Gasteiger partial charge in [-0.25, -0.2) is 4.68 Å². The van der Waals surface area contributed by atoms with E-state index in [1.54, 1.807) is 0 Å². The van der Waals surface area contributed by atoms with Gasteiger partial charge < -0.3 is 16.2 Å². The second kappa shape index (κ2) is 6.28. The molecule has 2 unspecified atom stereocenters. The first-order valence-corrected chi connectivity index (χ1v) is 7.37. The summed E-state index contributed by atoms with van der Waals surface area (Å²) in [5.41, 5.74) is 7.76. The number of nitrogens with two attached hydrogens (primary N) is 1. The van der Waals surface area contributed by atoms with Crippen molar-refractivity contribution >= 4 is 11.5 Å². The number of anilines is 2. The van der Waals surface area contributed by atoms with Gasteiger partial charge in [0, 0.05) is 25.1 Å². The molecule has 5 heteroatoms. The number of aliphatic hydroxyl groups is 1. The third kappa shape index (κ3) is 3.03. The molecule has 0 radical (unpaired) electrons. The molecule has 1 heterocycles. The number of aryl methyl sites for hydroxylation is 2. The lowest BCUT2D eigenvalue weighted by atomic mass is 9.85. The molecular formula is C14H26N4O. The third-order valence-electron chi connectivity index (χ3n) is 4.07. The van der Waals surface area contributed by atoms with Crippen LogP contribution in [0.25, 0.3) is 0 Å². The Hall–Kier alpha value is -1.23. The topological polar surface area (TPSA) is 76.1 Å². The smallest absolute Gasteiger partial charge is 0.148 e. The molecule has 1 saturated carbocycles. The van der Waals surface area contributed by atoms with E-state index in [1.165, 1.54) is 12.8 Å². The number of nitrogens with one attached hydrogen (secondary N) is 1. The molecule has 19 heavy (non-hydrogen) atoms. The average Bonchev–Trinajstić information content (AvgIpc) is 2.68. The minimum atomic E-state index is 0.248. The van der Waals surface area contributed by atoms with Crippen molar-refractivity contribution in [2.75, 3.05) is 17.7 Å². The van der Waals surface area contributed by atoms with E-state index in [4.69, 9.17) is 5.73 Å². The normalized spacial score (nSPS) is 23.5. The van der Waals surface area contributed by atoms with E-state index in [2.05, 4.69) is 17.3 Å². The van der Waals surface area contributed by atoms with Gasteiger partial charge in [0.05, 0.1) is 11.4 Å². The van der Waals surface area contributed by atoms with Crippen LogP contribution in [0.3, 0.4) is 0 Å². The number of hydrogen-bond acceptors (Lipinski definition) is 4. The highest BCUT2D eigenvalue weighted by Crippen LogP contribution is 2.30. The monoisotopic (exact) mass is 266 g/mol. The predicted octanol–water partition coefficient (Wildman–Crippen LogP) is 2.15. The van der Waals surface area contributed by atoms with Gasteiger partial charge >= 0.3 is 0 Å². The molecule has 1 aliphatic carbocycles. The maximum absolute atomic E-state index is 9.49. The van der Waals surface area contributed by atoms with Gasteiger partial charge in [-0.15, -0.1) is 0 Å². The Balaban J connectivity index is 2.16. The largest absolute Gasteiger partial charge is 0.396 e. The fourth-order valence-electron chi connectivity index (χ4n) is 2.91. The van der Waals surface area contributed by atoms with Crippen molar-refractivity contribution in [1.82, 2.24) is 9.78 Å². The summed E-state index contributed by atoms with van der Waals surface area (Å²) in [5, 5.41) is 17.5. The van der Waals surface area contributed by atoms with E-state index in [9.17, 15) is 5.11 Å². The fraction of sp³-hybridized carbons (Fsp3) is 0.786. The van der Waals surface area contributed by atoms with E-state index >= 15 is 0 Å². The zero-order valence-corrected chi connectivity index (χ0v) is 12.0. The minimum absolute atomic E-state index is 0.248. The quantitative estimate of drug-likeness (QED) is 0.763. The van der Waals surface area contributed by atoms with Crippen LogP contribution in [0.2, 0.25) is 0 Å². The molecule has 0 bridgehead atoms. The predicted molar refractivity (Wildman–Crippen MR) is 78.1 cm³/mol. The van der Waals surface area contributed by atoms with Crippen LogP contribution in [0.4, 0.5) is 11.5 Å². The Bertz CT molecular complexity index is 416. The highest BCUT2D eigenvalue weighted by atomic mass is 16.3. The molecule has 0 spiro atoms. The molecule has 1 aromatic rings. The summed E-state index contributed by atoms with van der Waals surface area (Å²) in [6.07, 6.45) is 5.65. The van der Waals surface area contributed by atoms with Gasteiger partial charge in [0.15, 0.2) is 0 Å². The van der Waals surface area contributed by atoms with Crippen LogP contribution in [0.15, 0.2) is 0 Å². The van der Waals surface area contributed by atoms with E-state index in [0.29, 0.717) is 12.0 Å². The Morgan fingerprint density at radius 1 is 1.42 bits per heavy atom. The first kappa shape index (κ1) is 14.2. The third-order valence-corrected chi connectivity index (χ3v) is 4.07. The molecule has 4 N–H and O–H groups in total. The van der Waals surface area contributed by atoms with Crippen LogP contribution < -0.4 is 11.1 Å². The zero-order chi connectivity index (χ0) is 13.8. The van der Waals surface area contributed by atoms with Crippen molar-refractivity contribution in [3.63, 3.8) is 0 Å². The molecule has 1 aliphatic rings. The minimum Gasteiger partial charge on any atom is -0.396 e. The van der Waals surface area contributed by atoms with Crippen molar-refractivity contribution in [3.8, 4) is 0 Å². The summed E-state index contributed by atoms with van der Waals surface area (Å²) in [4.78, 5) is 0. The molecule has 2 atom stereocenters. The summed E-state index contributed by atoms with van der Waals surface area (Å²) >= 11 is 0. The molecule has 0 amide bonds. The molecule has 2 rings (SSSR count). The number of nitrogen functional groups attached to an aromatic ring is 1. The summed E-state index contributed by atoms with van der Waals surface area (Å²) in [5.74, 6) is 1.27. The molecule has 1 fully saturated rings. The first-order chi connectivity index (χ1) is 9.17. The summed E-state index contributed by atoms with van der Waals surface area (Å²) in [7, 11) is 0. The highest BCUT2D eigenvalue weighted by Gasteiger charge is 2.26. The van der Waals surface area contributed by atoms with E-state index in [0.717, 1.165) is 43.0 Å². The van der Waals surface area contributed by atoms with Crippen molar-refractivity contribution in [3.05, 3.63) is 5.69 Å². The van der Waals surface area contributed by atoms with Gasteiger partial charge in [0.1, 0.15) is 5.82 Å². The van der Waals surface area contributed by atoms with Gasteiger partial charge in [-0.2, -0.15) is 5.10 Å². The van der Waals surface area contributed by atoms with E-state index in [-0.39, 0.29) is 6.61 Å². The molecule has 108 valence electrons. The van der Waals surface area contributed by atoms with E-state index < -0.39 is 0 Å². The van der Waals surface area contributed by atoms with E-state index in [1.807, 2.05) is 11.6 Å². The number of hydrogen-bond donors (Lipinski definition) is 3. The average molecular weight is 266 g/mol. The molecule has 0 aliphatic heterocycles. The molecule has 0 aromatic carbocycles. The molecular weight excluding hydrogens is 240 g/mol. The Labute approximate surface area is 115 Å². The van der Waals surface area contributed by atoms with Gasteiger partial charge in [-0.05, 0) is 26.2 Å². The van der Waals surface area contributed by atoms with Crippen LogP contribution in [0, 0.1) is 12.8 Å². The van der Waals surface area contributed by atoms with Crippen LogP contribution in [-0.4, -0.2) is 27.5 Å². The molecule has 1 aromatic heterocycles. The van der Waals surface area contributed by atoms with Crippen molar-refractivity contribution in [1.29, 1.82) is 0 Å². The second-order valence-electron chi connectivity index (χ2n) is 5.55. The van der Waals surface area contributed by atoms with Crippen molar-refractivity contribution < 1.29 is 5.11 Å². The van der Waals surface area contributed by atoms with Crippen LogP contribution in [0.1, 0.15) is 44.7 Å². The van der Waals surface area contributed by atoms with Gasteiger partial charge in [0.2, 0.25) is 0 Å². The van der Waals surface area contributed by atoms with Gasteiger partial charge in [-0.3, -0.25) is 0 Å². The SMILES string of the molecule is CCCn1nc(C)c(N)c1NC1CCCCC1CO. The van der Waals surface area contributed by atoms with Gasteiger partial charge in [0.25, 0.3) is 0 Å². The second-order valence-corrected chi connectivity index (χ2v) is 5.55. The number of nitrogens with zero attached hydrogens (tertiary/aromatic N) is 2. The first-order valence-electron chi connectivity index (χ1n) is 7.37. The number of aliphatic hydroxyl groups excluding tert-OH is 1. The Morgan fingerprint density at radius 3 is 2.84 bits per heavy atom. The molecule has 0 saturated heterocycles. The van der Waals surface area contributed by atoms with Gasteiger partial charge in [-0.1, -0.05) is 19.8 Å². The lowest BCUT2D eigenvalue weighted by molar-refractivity contribution is 0.178. The number of aromatic nitrogens is 2. The molecule has 5 nitrogen and oxygen atoms in total. The fourth-order valence-corrected chi connectivity index (χ4v) is 2.91. The maximum atomic E-state index is 9.49. The van der Waals surface area contributed by atoms with Crippen molar-refractivity contribution in [2.45, 2.75) is 58.5 Å². The zero-order valence-electron chi connectivity index (χ0n) is 12.0. The summed E-state index contributed by atoms with van der Waals surface area (Å²) < 4.78 is 1.97. The maximum Gasteiger partial charge on any atom is 0.148 e. The summed E-state index contributed by atoms with van der Waals surface area (Å²) in [6, 6.07) is 0.313. The van der Waals surface area contributed by atoms with Crippen molar-refractivity contribution in [2.24, 2.45) is 5.92 Å². The lowest BCUT2D eigenvalue weighted by Crippen LogP contribution is -2.35. The summed E-state index contributed by atoms with van der Waals surface area (Å²) in [6.45, 7) is 5.19. The highest BCUT2D eigenvalue weighted by molar-refractivity contribution is 5.65. The Kier molecular flexibility index (Phi) is 4.69. The van der Waals surface area contributed by atoms with Crippen LogP contribution in [-0.2, 0) is 6.54 Å². The Morgan fingerprint density at radius 2 is 2.16 bits per heavy atom. The van der Waals surface area contributed by atoms with Crippen LogP contribution >= 0.6 is 0 Å². The standard InChI is InChI=1S/C14H26N4O/c1-3-8-18-14(13(15)10(2)17-18)16-12-7-5-4-6-11(12)9-19/h11-12,16,19H,3-9,15H2,1-2H3. The van der Waals surface area contributed by atoms with Crippen LogP contribution in [0.5, 0.6) is 0 Å². The number of rotatable bonds is 5.